The van der Waals surface area contributed by atoms with Crippen LogP contribution in [-0.4, -0.2) is 26.5 Å². The average Bonchev–Trinajstić information content (AvgIpc) is 3.25. The van der Waals surface area contributed by atoms with E-state index in [0.717, 1.165) is 14.9 Å². The lowest BCUT2D eigenvalue weighted by Gasteiger charge is -1.95. The summed E-state index contributed by atoms with van der Waals surface area (Å²) >= 11 is 4.77. The highest BCUT2D eigenvalue weighted by Crippen LogP contribution is 2.32. The van der Waals surface area contributed by atoms with Crippen LogP contribution in [0.5, 0.6) is 5.75 Å². The summed E-state index contributed by atoms with van der Waals surface area (Å²) in [6.07, 6.45) is 1.60. The number of para-hydroxylation sites is 2. The highest BCUT2D eigenvalue weighted by Gasteiger charge is 2.08. The lowest BCUT2D eigenvalue weighted by atomic mass is 10.2. The van der Waals surface area contributed by atoms with Crippen LogP contribution in [0.2, 0.25) is 0 Å². The fourth-order valence-electron chi connectivity index (χ4n) is 2.11. The minimum Gasteiger partial charge on any atom is -0.507 e. The number of rotatable bonds is 5. The predicted octanol–water partition coefficient (Wildman–Crippen LogP) is 4.90. The number of aromatic hydroxyl groups is 1. The van der Waals surface area contributed by atoms with Crippen LogP contribution in [0.3, 0.4) is 0 Å². The maximum Gasteiger partial charge on any atom is 0.231 e. The number of fused-ring (bicyclic) bond motifs is 1. The van der Waals surface area contributed by atoms with Crippen LogP contribution >= 0.6 is 34.4 Å². The Kier molecular flexibility index (Phi) is 4.73. The van der Waals surface area contributed by atoms with Gasteiger partial charge in [-0.2, -0.15) is 0 Å². The Bertz CT molecular complexity index is 1010. The van der Waals surface area contributed by atoms with E-state index in [1.54, 1.807) is 47.5 Å². The number of aliphatic imine (C=N–C) groups is 1. The van der Waals surface area contributed by atoms with Gasteiger partial charge in [0.15, 0.2) is 4.34 Å². The maximum atomic E-state index is 9.73. The number of benzene rings is 2. The summed E-state index contributed by atoms with van der Waals surface area (Å²) < 4.78 is 2.21. The highest BCUT2D eigenvalue weighted by atomic mass is 32.2. The molecule has 0 spiro atoms. The largest absolute Gasteiger partial charge is 0.507 e. The van der Waals surface area contributed by atoms with Gasteiger partial charge in [-0.1, -0.05) is 47.4 Å². The first-order valence-electron chi connectivity index (χ1n) is 7.41. The molecule has 2 aromatic carbocycles. The summed E-state index contributed by atoms with van der Waals surface area (Å²) in [6, 6.07) is 15.2. The van der Waals surface area contributed by atoms with Crippen molar-refractivity contribution in [1.29, 1.82) is 0 Å². The van der Waals surface area contributed by atoms with E-state index < -0.39 is 0 Å². The molecule has 25 heavy (non-hydrogen) atoms. The fraction of sp³-hybridized carbons (Fsp3) is 0.0588. The Morgan fingerprint density at radius 2 is 1.88 bits per heavy atom. The van der Waals surface area contributed by atoms with Gasteiger partial charge in [0, 0.05) is 11.8 Å². The molecule has 2 heterocycles. The van der Waals surface area contributed by atoms with Gasteiger partial charge in [0.2, 0.25) is 5.13 Å². The minimum atomic E-state index is 0.197. The van der Waals surface area contributed by atoms with Crippen molar-refractivity contribution in [3.63, 3.8) is 0 Å². The van der Waals surface area contributed by atoms with Gasteiger partial charge in [-0.05, 0) is 24.3 Å². The van der Waals surface area contributed by atoms with E-state index in [-0.39, 0.29) is 5.75 Å². The van der Waals surface area contributed by atoms with E-state index in [1.165, 1.54) is 16.0 Å². The Balaban J connectivity index is 1.42. The van der Waals surface area contributed by atoms with Gasteiger partial charge in [-0.3, -0.25) is 0 Å². The molecular weight excluding hydrogens is 372 g/mol. The maximum absolute atomic E-state index is 9.73. The third kappa shape index (κ3) is 3.87. The van der Waals surface area contributed by atoms with Crippen LogP contribution in [0, 0.1) is 0 Å². The van der Waals surface area contributed by atoms with E-state index in [2.05, 4.69) is 26.2 Å². The van der Waals surface area contributed by atoms with E-state index >= 15 is 0 Å². The Labute approximate surface area is 156 Å². The molecular formula is C17H12N4OS3. The zero-order valence-electron chi connectivity index (χ0n) is 12.9. The Morgan fingerprint density at radius 3 is 2.76 bits per heavy atom. The molecule has 8 heteroatoms. The molecule has 0 atom stereocenters. The lowest BCUT2D eigenvalue weighted by Crippen LogP contribution is -1.80. The third-order valence-electron chi connectivity index (χ3n) is 3.30. The van der Waals surface area contributed by atoms with E-state index in [9.17, 15) is 5.11 Å². The molecule has 0 fully saturated rings. The van der Waals surface area contributed by atoms with Gasteiger partial charge in [0.1, 0.15) is 10.8 Å². The van der Waals surface area contributed by atoms with Crippen molar-refractivity contribution in [2.75, 3.05) is 0 Å². The quantitative estimate of drug-likeness (QED) is 0.391. The monoisotopic (exact) mass is 384 g/mol. The van der Waals surface area contributed by atoms with E-state index in [4.69, 9.17) is 0 Å². The summed E-state index contributed by atoms with van der Waals surface area (Å²) in [4.78, 5) is 8.89. The van der Waals surface area contributed by atoms with Crippen LogP contribution in [-0.2, 0) is 5.75 Å². The number of hydrogen-bond acceptors (Lipinski definition) is 8. The van der Waals surface area contributed by atoms with Crippen molar-refractivity contribution in [2.24, 2.45) is 4.99 Å². The van der Waals surface area contributed by atoms with Crippen molar-refractivity contribution in [2.45, 2.75) is 10.1 Å². The molecule has 0 aliphatic carbocycles. The van der Waals surface area contributed by atoms with Gasteiger partial charge in [-0.15, -0.1) is 21.5 Å². The van der Waals surface area contributed by atoms with Crippen molar-refractivity contribution >= 4 is 56.0 Å². The summed E-state index contributed by atoms with van der Waals surface area (Å²) in [6.45, 7) is 0. The fourth-order valence-corrected chi connectivity index (χ4v) is 4.85. The van der Waals surface area contributed by atoms with Crippen LogP contribution in [0.1, 0.15) is 10.6 Å². The number of thiazole rings is 1. The predicted molar refractivity (Wildman–Crippen MR) is 104 cm³/mol. The Morgan fingerprint density at radius 1 is 1.04 bits per heavy atom. The van der Waals surface area contributed by atoms with Crippen LogP contribution in [0.25, 0.3) is 10.2 Å². The first-order chi connectivity index (χ1) is 12.3. The number of phenols is 1. The smallest absolute Gasteiger partial charge is 0.231 e. The van der Waals surface area contributed by atoms with Gasteiger partial charge in [0.25, 0.3) is 0 Å². The zero-order chi connectivity index (χ0) is 17.1. The second-order valence-corrected chi connectivity index (χ2v) is 8.33. The third-order valence-corrected chi connectivity index (χ3v) is 6.50. The number of aromatic nitrogens is 3. The second kappa shape index (κ2) is 7.30. The van der Waals surface area contributed by atoms with Gasteiger partial charge < -0.3 is 5.11 Å². The summed E-state index contributed by atoms with van der Waals surface area (Å²) in [7, 11) is 0. The van der Waals surface area contributed by atoms with Crippen molar-refractivity contribution in [3.05, 3.63) is 59.1 Å². The first-order valence-corrected chi connectivity index (χ1v) is 10.0. The minimum absolute atomic E-state index is 0.197. The first kappa shape index (κ1) is 16.2. The summed E-state index contributed by atoms with van der Waals surface area (Å²) in [5.74, 6) is 0.909. The van der Waals surface area contributed by atoms with Gasteiger partial charge >= 0.3 is 0 Å². The molecule has 4 aromatic rings. The molecule has 0 unspecified atom stereocenters. The average molecular weight is 385 g/mol. The molecule has 124 valence electrons. The normalized spacial score (nSPS) is 11.5. The molecule has 0 amide bonds. The standard InChI is InChI=1S/C17H12N4OS3/c22-13-7-3-1-5-11(13)9-18-16-21-20-15(25-16)10-23-17-19-12-6-2-4-8-14(12)24-17/h1-9,22H,10H2/b18-9+. The number of hydrogen-bond donors (Lipinski definition) is 1. The van der Waals surface area contributed by atoms with Crippen molar-refractivity contribution < 1.29 is 5.11 Å². The van der Waals surface area contributed by atoms with Gasteiger partial charge in [0.05, 0.1) is 16.0 Å². The molecule has 0 radical (unpaired) electrons. The molecule has 0 saturated heterocycles. The summed E-state index contributed by atoms with van der Waals surface area (Å²) in [5, 5.41) is 19.4. The van der Waals surface area contributed by atoms with E-state index in [0.29, 0.717) is 16.4 Å². The molecule has 4 rings (SSSR count). The topological polar surface area (TPSA) is 71.3 Å². The van der Waals surface area contributed by atoms with Gasteiger partial charge in [-0.25, -0.2) is 9.98 Å². The van der Waals surface area contributed by atoms with Crippen molar-refractivity contribution in [3.8, 4) is 5.75 Å². The highest BCUT2D eigenvalue weighted by molar-refractivity contribution is 8.00. The zero-order valence-corrected chi connectivity index (χ0v) is 15.3. The van der Waals surface area contributed by atoms with E-state index in [1.807, 2.05) is 24.3 Å². The molecule has 0 saturated carbocycles. The summed E-state index contributed by atoms with van der Waals surface area (Å²) in [5.41, 5.74) is 1.68. The SMILES string of the molecule is Oc1ccccc1/C=N/c1nnc(CSc2nc3ccccc3s2)s1. The molecule has 1 N–H and O–H groups in total. The molecule has 2 aromatic heterocycles. The molecule has 0 aliphatic heterocycles. The molecule has 5 nitrogen and oxygen atoms in total. The number of thioether (sulfide) groups is 1. The molecule has 0 aliphatic rings. The molecule has 0 bridgehead atoms. The van der Waals surface area contributed by atoms with Crippen molar-refractivity contribution in [1.82, 2.24) is 15.2 Å². The van der Waals surface area contributed by atoms with Crippen LogP contribution < -0.4 is 0 Å². The number of nitrogens with zero attached hydrogens (tertiary/aromatic N) is 4. The van der Waals surface area contributed by atoms with Crippen LogP contribution in [0.4, 0.5) is 5.13 Å². The number of phenolic OH excluding ortho intramolecular Hbond substituents is 1. The van der Waals surface area contributed by atoms with Crippen LogP contribution in [0.15, 0.2) is 57.9 Å². The lowest BCUT2D eigenvalue weighted by molar-refractivity contribution is 0.474. The Hall–Kier alpha value is -2.29. The second-order valence-electron chi connectivity index (χ2n) is 5.03.